The van der Waals surface area contributed by atoms with E-state index in [9.17, 15) is 0 Å². The topological polar surface area (TPSA) is 38.7 Å². The molecule has 0 saturated carbocycles. The highest BCUT2D eigenvalue weighted by atomic mass is 35.5. The van der Waals surface area contributed by atoms with Gasteiger partial charge < -0.3 is 0 Å². The molecule has 0 spiro atoms. The van der Waals surface area contributed by atoms with E-state index in [0.717, 1.165) is 32.3 Å². The lowest BCUT2D eigenvalue weighted by atomic mass is 10.2. The molecule has 0 aliphatic carbocycles. The molecule has 0 bridgehead atoms. The van der Waals surface area contributed by atoms with Gasteiger partial charge in [-0.3, -0.25) is 4.98 Å². The molecule has 3 rings (SSSR count). The third-order valence-corrected chi connectivity index (χ3v) is 4.45. The van der Waals surface area contributed by atoms with E-state index in [-0.39, 0.29) is 0 Å². The van der Waals surface area contributed by atoms with Crippen molar-refractivity contribution < 1.29 is 0 Å². The average Bonchev–Trinajstić information content (AvgIpc) is 2.92. The van der Waals surface area contributed by atoms with Crippen molar-refractivity contribution in [2.45, 2.75) is 13.8 Å². The zero-order valence-electron chi connectivity index (χ0n) is 11.1. The number of hydrogen-bond donors (Lipinski definition) is 0. The van der Waals surface area contributed by atoms with Crippen LogP contribution in [-0.2, 0) is 0 Å². The summed E-state index contributed by atoms with van der Waals surface area (Å²) < 4.78 is 0. The average molecular weight is 302 g/mol. The van der Waals surface area contributed by atoms with Crippen LogP contribution in [0.4, 0.5) is 0 Å². The van der Waals surface area contributed by atoms with Crippen LogP contribution in [0, 0.1) is 13.8 Å². The highest BCUT2D eigenvalue weighted by Gasteiger charge is 2.09. The first kappa shape index (κ1) is 13.2. The van der Waals surface area contributed by atoms with Crippen molar-refractivity contribution >= 4 is 22.9 Å². The van der Waals surface area contributed by atoms with Crippen molar-refractivity contribution in [3.8, 4) is 21.1 Å². The SMILES string of the molecule is Cc1ccc(-c2ccc(-c3cc(C)c(Cl)nn3)s2)nc1. The molecule has 3 aromatic rings. The summed E-state index contributed by atoms with van der Waals surface area (Å²) in [4.78, 5) is 6.62. The highest BCUT2D eigenvalue weighted by molar-refractivity contribution is 7.18. The molecule has 0 aliphatic heterocycles. The number of aromatic nitrogens is 3. The van der Waals surface area contributed by atoms with Crippen LogP contribution in [0.3, 0.4) is 0 Å². The first-order chi connectivity index (χ1) is 9.63. The Kier molecular flexibility index (Phi) is 3.51. The maximum atomic E-state index is 5.90. The van der Waals surface area contributed by atoms with Crippen molar-refractivity contribution in [2.24, 2.45) is 0 Å². The number of nitrogens with zero attached hydrogens (tertiary/aromatic N) is 3. The van der Waals surface area contributed by atoms with Gasteiger partial charge in [0, 0.05) is 6.20 Å². The van der Waals surface area contributed by atoms with Crippen LogP contribution >= 0.6 is 22.9 Å². The summed E-state index contributed by atoms with van der Waals surface area (Å²) >= 11 is 7.56. The second kappa shape index (κ2) is 5.31. The summed E-state index contributed by atoms with van der Waals surface area (Å²) in [5.74, 6) is 0. The summed E-state index contributed by atoms with van der Waals surface area (Å²) in [6.45, 7) is 3.96. The molecule has 3 heterocycles. The zero-order valence-corrected chi connectivity index (χ0v) is 12.7. The molecule has 5 heteroatoms. The molecular weight excluding hydrogens is 290 g/mol. The van der Waals surface area contributed by atoms with E-state index < -0.39 is 0 Å². The molecular formula is C15H12ClN3S. The van der Waals surface area contributed by atoms with Gasteiger partial charge in [0.05, 0.1) is 15.4 Å². The molecule has 0 unspecified atom stereocenters. The van der Waals surface area contributed by atoms with Gasteiger partial charge in [-0.2, -0.15) is 0 Å². The molecule has 0 atom stereocenters. The van der Waals surface area contributed by atoms with Crippen LogP contribution in [0.1, 0.15) is 11.1 Å². The molecule has 100 valence electrons. The van der Waals surface area contributed by atoms with E-state index in [0.29, 0.717) is 5.15 Å². The minimum atomic E-state index is 0.450. The van der Waals surface area contributed by atoms with Gasteiger partial charge in [-0.25, -0.2) is 0 Å². The van der Waals surface area contributed by atoms with Crippen LogP contribution in [0.15, 0.2) is 36.5 Å². The van der Waals surface area contributed by atoms with E-state index >= 15 is 0 Å². The highest BCUT2D eigenvalue weighted by Crippen LogP contribution is 2.33. The molecule has 3 nitrogen and oxygen atoms in total. The smallest absolute Gasteiger partial charge is 0.154 e. The Morgan fingerprint density at radius 1 is 0.950 bits per heavy atom. The Labute approximate surface area is 126 Å². The quantitative estimate of drug-likeness (QED) is 0.697. The molecule has 0 amide bonds. The normalized spacial score (nSPS) is 10.8. The number of aryl methyl sites for hydroxylation is 2. The van der Waals surface area contributed by atoms with E-state index in [4.69, 9.17) is 11.6 Å². The standard InChI is InChI=1S/C15H12ClN3S/c1-9-3-4-11(17-8-9)13-5-6-14(20-13)12-7-10(2)15(16)19-18-12/h3-8H,1-2H3. The maximum Gasteiger partial charge on any atom is 0.154 e. The number of pyridine rings is 1. The van der Waals surface area contributed by atoms with Gasteiger partial charge in [-0.1, -0.05) is 17.7 Å². The molecule has 0 N–H and O–H groups in total. The Hall–Kier alpha value is -1.78. The third-order valence-electron chi connectivity index (χ3n) is 2.95. The van der Waals surface area contributed by atoms with Crippen LogP contribution in [0.25, 0.3) is 21.1 Å². The van der Waals surface area contributed by atoms with Crippen LogP contribution < -0.4 is 0 Å². The molecule has 0 fully saturated rings. The van der Waals surface area contributed by atoms with E-state index in [1.54, 1.807) is 11.3 Å². The van der Waals surface area contributed by atoms with Gasteiger partial charge >= 0.3 is 0 Å². The van der Waals surface area contributed by atoms with Gasteiger partial charge in [-0.15, -0.1) is 21.5 Å². The second-order valence-corrected chi connectivity index (χ2v) is 6.03. The predicted molar refractivity (Wildman–Crippen MR) is 83.1 cm³/mol. The Morgan fingerprint density at radius 3 is 2.35 bits per heavy atom. The maximum absolute atomic E-state index is 5.90. The predicted octanol–water partition coefficient (Wildman–Crippen LogP) is 4.54. The number of thiophene rings is 1. The lowest BCUT2D eigenvalue weighted by Crippen LogP contribution is -1.88. The summed E-state index contributed by atoms with van der Waals surface area (Å²) in [7, 11) is 0. The molecule has 0 saturated heterocycles. The second-order valence-electron chi connectivity index (χ2n) is 4.59. The molecule has 3 aromatic heterocycles. The zero-order chi connectivity index (χ0) is 14.1. The van der Waals surface area contributed by atoms with Gasteiger partial charge in [0.1, 0.15) is 5.69 Å². The molecule has 0 aromatic carbocycles. The third kappa shape index (κ3) is 2.57. The van der Waals surface area contributed by atoms with E-state index in [1.165, 1.54) is 0 Å². The van der Waals surface area contributed by atoms with Crippen molar-refractivity contribution in [1.29, 1.82) is 0 Å². The van der Waals surface area contributed by atoms with E-state index in [1.807, 2.05) is 38.2 Å². The van der Waals surface area contributed by atoms with Crippen LogP contribution in [0.5, 0.6) is 0 Å². The van der Waals surface area contributed by atoms with E-state index in [2.05, 4.69) is 27.3 Å². The Balaban J connectivity index is 1.97. The lowest BCUT2D eigenvalue weighted by molar-refractivity contribution is 1.03. The first-order valence-electron chi connectivity index (χ1n) is 6.16. The number of halogens is 1. The van der Waals surface area contributed by atoms with Gasteiger partial charge in [0.15, 0.2) is 5.15 Å². The van der Waals surface area contributed by atoms with Gasteiger partial charge in [0.2, 0.25) is 0 Å². The fraction of sp³-hybridized carbons (Fsp3) is 0.133. The summed E-state index contributed by atoms with van der Waals surface area (Å²) in [5, 5.41) is 8.54. The monoisotopic (exact) mass is 301 g/mol. The fourth-order valence-electron chi connectivity index (χ4n) is 1.82. The molecule has 0 aliphatic rings. The first-order valence-corrected chi connectivity index (χ1v) is 7.36. The number of hydrogen-bond acceptors (Lipinski definition) is 4. The lowest BCUT2D eigenvalue weighted by Gasteiger charge is -1.99. The fourth-order valence-corrected chi connectivity index (χ4v) is 2.85. The Morgan fingerprint density at radius 2 is 1.70 bits per heavy atom. The van der Waals surface area contributed by atoms with Crippen molar-refractivity contribution in [2.75, 3.05) is 0 Å². The molecule has 20 heavy (non-hydrogen) atoms. The summed E-state index contributed by atoms with van der Waals surface area (Å²) in [6, 6.07) is 10.1. The van der Waals surface area contributed by atoms with Crippen LogP contribution in [-0.4, -0.2) is 15.2 Å². The van der Waals surface area contributed by atoms with Gasteiger partial charge in [-0.05, 0) is 49.2 Å². The minimum Gasteiger partial charge on any atom is -0.255 e. The van der Waals surface area contributed by atoms with Crippen molar-refractivity contribution in [1.82, 2.24) is 15.2 Å². The van der Waals surface area contributed by atoms with Gasteiger partial charge in [0.25, 0.3) is 0 Å². The minimum absolute atomic E-state index is 0.450. The van der Waals surface area contributed by atoms with Crippen molar-refractivity contribution in [3.63, 3.8) is 0 Å². The summed E-state index contributed by atoms with van der Waals surface area (Å²) in [5.41, 5.74) is 3.91. The number of rotatable bonds is 2. The Bertz CT molecular complexity index is 750. The van der Waals surface area contributed by atoms with Crippen LogP contribution in [0.2, 0.25) is 5.15 Å². The molecule has 0 radical (unpaired) electrons. The van der Waals surface area contributed by atoms with Crippen molar-refractivity contribution in [3.05, 3.63) is 52.8 Å². The summed E-state index contributed by atoms with van der Waals surface area (Å²) in [6.07, 6.45) is 1.88. The largest absolute Gasteiger partial charge is 0.255 e.